The Hall–Kier alpha value is -1.10. The van der Waals surface area contributed by atoms with E-state index in [2.05, 4.69) is 0 Å². The normalized spacial score (nSPS) is 16.2. The summed E-state index contributed by atoms with van der Waals surface area (Å²) in [6.45, 7) is 4.32. The molecule has 0 aliphatic heterocycles. The summed E-state index contributed by atoms with van der Waals surface area (Å²) in [6, 6.07) is -0.187. The third kappa shape index (κ3) is 4.29. The molecule has 0 spiro atoms. The number of rotatable bonds is 8. The highest BCUT2D eigenvalue weighted by Crippen LogP contribution is 2.32. The molecule has 0 bridgehead atoms. The van der Waals surface area contributed by atoms with Crippen molar-refractivity contribution in [3.05, 3.63) is 0 Å². The van der Waals surface area contributed by atoms with Crippen molar-refractivity contribution in [1.29, 1.82) is 0 Å². The highest BCUT2D eigenvalue weighted by molar-refractivity contribution is 5.82. The lowest BCUT2D eigenvalue weighted by Gasteiger charge is -2.29. The number of hydrogen-bond acceptors (Lipinski definition) is 4. The minimum atomic E-state index is -0.293. The van der Waals surface area contributed by atoms with Crippen LogP contribution in [0.25, 0.3) is 0 Å². The second-order valence-corrected chi connectivity index (χ2v) is 4.61. The van der Waals surface area contributed by atoms with E-state index in [-0.39, 0.29) is 36.9 Å². The van der Waals surface area contributed by atoms with Crippen molar-refractivity contribution in [1.82, 2.24) is 4.90 Å². The monoisotopic (exact) mass is 257 g/mol. The lowest BCUT2D eigenvalue weighted by Crippen LogP contribution is -2.44. The molecule has 1 aliphatic rings. The summed E-state index contributed by atoms with van der Waals surface area (Å²) in [4.78, 5) is 25.1. The van der Waals surface area contributed by atoms with Gasteiger partial charge in [0.15, 0.2) is 0 Å². The van der Waals surface area contributed by atoms with Gasteiger partial charge in [-0.15, -0.1) is 0 Å². The van der Waals surface area contributed by atoms with Crippen LogP contribution < -0.4 is 0 Å². The first-order valence-electron chi connectivity index (χ1n) is 6.70. The van der Waals surface area contributed by atoms with Gasteiger partial charge in [-0.05, 0) is 26.2 Å². The van der Waals surface area contributed by atoms with E-state index < -0.39 is 0 Å². The van der Waals surface area contributed by atoms with E-state index in [9.17, 15) is 14.7 Å². The van der Waals surface area contributed by atoms with Crippen LogP contribution in [0.3, 0.4) is 0 Å². The molecule has 1 unspecified atom stereocenters. The number of aliphatic hydroxyl groups is 1. The Morgan fingerprint density at radius 3 is 2.50 bits per heavy atom. The van der Waals surface area contributed by atoms with Gasteiger partial charge in [0, 0.05) is 12.5 Å². The van der Waals surface area contributed by atoms with Crippen molar-refractivity contribution < 1.29 is 19.4 Å². The molecule has 5 nitrogen and oxygen atoms in total. The van der Waals surface area contributed by atoms with Crippen LogP contribution in [-0.2, 0) is 14.3 Å². The zero-order chi connectivity index (χ0) is 13.5. The Morgan fingerprint density at radius 2 is 2.06 bits per heavy atom. The Labute approximate surface area is 108 Å². The van der Waals surface area contributed by atoms with Crippen molar-refractivity contribution in [2.75, 3.05) is 19.8 Å². The number of aliphatic hydroxyl groups excluding tert-OH is 1. The first-order chi connectivity index (χ1) is 8.63. The first-order valence-corrected chi connectivity index (χ1v) is 6.70. The molecule has 18 heavy (non-hydrogen) atoms. The average Bonchev–Trinajstić information content (AvgIpc) is 3.18. The third-order valence-electron chi connectivity index (χ3n) is 3.19. The van der Waals surface area contributed by atoms with E-state index in [0.717, 1.165) is 12.8 Å². The minimum Gasteiger partial charge on any atom is -0.466 e. The van der Waals surface area contributed by atoms with Gasteiger partial charge in [-0.1, -0.05) is 6.92 Å². The predicted molar refractivity (Wildman–Crippen MR) is 66.9 cm³/mol. The molecule has 1 rings (SSSR count). The molecule has 0 aromatic rings. The number of amides is 1. The summed E-state index contributed by atoms with van der Waals surface area (Å²) >= 11 is 0. The summed E-state index contributed by atoms with van der Waals surface area (Å²) < 4.78 is 4.86. The Bertz CT molecular complexity index is 285. The highest BCUT2D eigenvalue weighted by Gasteiger charge is 2.35. The van der Waals surface area contributed by atoms with Gasteiger partial charge in [-0.25, -0.2) is 0 Å². The second kappa shape index (κ2) is 7.36. The van der Waals surface area contributed by atoms with Gasteiger partial charge in [-0.2, -0.15) is 0 Å². The molecule has 0 radical (unpaired) electrons. The maximum Gasteiger partial charge on any atom is 0.307 e. The van der Waals surface area contributed by atoms with Gasteiger partial charge in [0.2, 0.25) is 5.91 Å². The molecule has 1 fully saturated rings. The van der Waals surface area contributed by atoms with Gasteiger partial charge >= 0.3 is 5.97 Å². The molecule has 0 saturated heterocycles. The van der Waals surface area contributed by atoms with Crippen LogP contribution in [0, 0.1) is 5.92 Å². The molecule has 1 N–H and O–H groups in total. The summed E-state index contributed by atoms with van der Waals surface area (Å²) in [6.07, 6.45) is 2.74. The number of nitrogens with zero attached hydrogens (tertiary/aromatic N) is 1. The Kier molecular flexibility index (Phi) is 6.12. The second-order valence-electron chi connectivity index (χ2n) is 4.61. The van der Waals surface area contributed by atoms with Crippen molar-refractivity contribution >= 4 is 11.9 Å². The van der Waals surface area contributed by atoms with Crippen LogP contribution in [0.1, 0.15) is 39.5 Å². The van der Waals surface area contributed by atoms with Crippen LogP contribution in [0.15, 0.2) is 0 Å². The third-order valence-corrected chi connectivity index (χ3v) is 3.19. The smallest absolute Gasteiger partial charge is 0.307 e. The number of hydrogen-bond donors (Lipinski definition) is 1. The number of carbonyl (C=O) groups excluding carboxylic acids is 2. The molecular weight excluding hydrogens is 234 g/mol. The van der Waals surface area contributed by atoms with E-state index in [4.69, 9.17) is 4.74 Å². The zero-order valence-corrected chi connectivity index (χ0v) is 11.2. The average molecular weight is 257 g/mol. The van der Waals surface area contributed by atoms with Crippen molar-refractivity contribution in [2.45, 2.75) is 45.6 Å². The van der Waals surface area contributed by atoms with E-state index in [1.54, 1.807) is 11.8 Å². The van der Waals surface area contributed by atoms with Gasteiger partial charge in [-0.3, -0.25) is 9.59 Å². The summed E-state index contributed by atoms with van der Waals surface area (Å²) in [5.74, 6) is -0.119. The van der Waals surface area contributed by atoms with E-state index >= 15 is 0 Å². The number of carbonyl (C=O) groups is 2. The summed E-state index contributed by atoms with van der Waals surface area (Å²) in [7, 11) is 0. The molecule has 0 aromatic carbocycles. The maximum absolute atomic E-state index is 12.1. The Balaban J connectivity index is 2.53. The molecule has 1 amide bonds. The van der Waals surface area contributed by atoms with Crippen molar-refractivity contribution in [3.8, 4) is 0 Å². The van der Waals surface area contributed by atoms with E-state index in [1.165, 1.54) is 0 Å². The van der Waals surface area contributed by atoms with Crippen LogP contribution in [0.5, 0.6) is 0 Å². The van der Waals surface area contributed by atoms with Gasteiger partial charge in [0.1, 0.15) is 0 Å². The molecular formula is C13H23NO4. The molecule has 5 heteroatoms. The maximum atomic E-state index is 12.1. The lowest BCUT2D eigenvalue weighted by molar-refractivity contribution is -0.145. The fourth-order valence-corrected chi connectivity index (χ4v) is 1.93. The molecule has 1 atom stereocenters. The number of esters is 1. The lowest BCUT2D eigenvalue weighted by atomic mass is 10.1. The molecule has 1 aliphatic carbocycles. The number of ether oxygens (including phenoxy) is 1. The summed E-state index contributed by atoms with van der Waals surface area (Å²) in [5, 5.41) is 9.31. The summed E-state index contributed by atoms with van der Waals surface area (Å²) in [5.41, 5.74) is 0. The fourth-order valence-electron chi connectivity index (χ4n) is 1.93. The SMILES string of the molecule is CCOC(=O)CCN(C(=O)C1CC1)C(CC)CO. The topological polar surface area (TPSA) is 66.8 Å². The Morgan fingerprint density at radius 1 is 1.39 bits per heavy atom. The van der Waals surface area contributed by atoms with Crippen LogP contribution in [0.4, 0.5) is 0 Å². The standard InChI is InChI=1S/C13H23NO4/c1-3-11(9-15)14(13(17)10-5-6-10)8-7-12(16)18-4-2/h10-11,15H,3-9H2,1-2H3. The van der Waals surface area contributed by atoms with Crippen molar-refractivity contribution in [2.24, 2.45) is 5.92 Å². The largest absolute Gasteiger partial charge is 0.466 e. The quantitative estimate of drug-likeness (QED) is 0.657. The fraction of sp³-hybridized carbons (Fsp3) is 0.846. The molecule has 1 saturated carbocycles. The van der Waals surface area contributed by atoms with Crippen molar-refractivity contribution in [3.63, 3.8) is 0 Å². The predicted octanol–water partition coefficient (Wildman–Crippen LogP) is 0.949. The first kappa shape index (κ1) is 15.0. The molecule has 104 valence electrons. The minimum absolute atomic E-state index is 0.0578. The molecule has 0 aromatic heterocycles. The zero-order valence-electron chi connectivity index (χ0n) is 11.2. The van der Waals surface area contributed by atoms with Gasteiger partial charge in [0.25, 0.3) is 0 Å². The van der Waals surface area contributed by atoms with Crippen LogP contribution in [-0.4, -0.2) is 47.7 Å². The van der Waals surface area contributed by atoms with E-state index in [0.29, 0.717) is 19.6 Å². The van der Waals surface area contributed by atoms with Gasteiger partial charge in [0.05, 0.1) is 25.7 Å². The van der Waals surface area contributed by atoms with Crippen LogP contribution in [0.2, 0.25) is 0 Å². The van der Waals surface area contributed by atoms with Crippen LogP contribution >= 0.6 is 0 Å². The highest BCUT2D eigenvalue weighted by atomic mass is 16.5. The molecule has 0 heterocycles. The van der Waals surface area contributed by atoms with E-state index in [1.807, 2.05) is 6.92 Å². The van der Waals surface area contributed by atoms with Gasteiger partial charge < -0.3 is 14.7 Å².